The van der Waals surface area contributed by atoms with Crippen LogP contribution in [0.2, 0.25) is 0 Å². The molecule has 1 aromatic carbocycles. The van der Waals surface area contributed by atoms with Gasteiger partial charge in [0.25, 0.3) is 0 Å². The van der Waals surface area contributed by atoms with E-state index in [9.17, 15) is 8.42 Å². The maximum absolute atomic E-state index is 10.9. The molecule has 17 heavy (non-hydrogen) atoms. The van der Waals surface area contributed by atoms with Crippen molar-refractivity contribution in [1.82, 2.24) is 9.78 Å². The molecule has 6 heteroatoms. The van der Waals surface area contributed by atoms with E-state index in [2.05, 4.69) is 5.10 Å². The average Bonchev–Trinajstić information content (AvgIpc) is 2.51. The number of hydrogen-bond donors (Lipinski definition) is 0. The van der Waals surface area contributed by atoms with Crippen molar-refractivity contribution in [2.45, 2.75) is 13.3 Å². The number of benzene rings is 1. The molecular weight excluding hydrogens is 260 g/mol. The molecule has 0 fully saturated rings. The van der Waals surface area contributed by atoms with Gasteiger partial charge in [-0.15, -0.1) is 0 Å². The van der Waals surface area contributed by atoms with Gasteiger partial charge in [0.15, 0.2) is 0 Å². The molecule has 0 bridgehead atoms. The molecule has 0 amide bonds. The van der Waals surface area contributed by atoms with Crippen molar-refractivity contribution in [2.75, 3.05) is 5.75 Å². The van der Waals surface area contributed by atoms with E-state index in [1.807, 2.05) is 36.9 Å². The number of fused-ring (bicyclic) bond motifs is 1. The molecule has 0 atom stereocenters. The van der Waals surface area contributed by atoms with Crippen LogP contribution in [0.25, 0.3) is 10.9 Å². The van der Waals surface area contributed by atoms with Gasteiger partial charge in [-0.05, 0) is 31.0 Å². The number of hydrogen-bond acceptors (Lipinski definition) is 3. The van der Waals surface area contributed by atoms with E-state index in [0.717, 1.165) is 22.2 Å². The molecule has 0 aliphatic rings. The summed E-state index contributed by atoms with van der Waals surface area (Å²) in [5.41, 5.74) is 2.94. The van der Waals surface area contributed by atoms with E-state index in [1.54, 1.807) is 0 Å². The third kappa shape index (κ3) is 2.79. The topological polar surface area (TPSA) is 52.0 Å². The van der Waals surface area contributed by atoms with Crippen LogP contribution in [0, 0.1) is 6.92 Å². The summed E-state index contributed by atoms with van der Waals surface area (Å²) >= 11 is 0. The summed E-state index contributed by atoms with van der Waals surface area (Å²) in [6.45, 7) is 1.93. The zero-order valence-electron chi connectivity index (χ0n) is 9.64. The van der Waals surface area contributed by atoms with Gasteiger partial charge in [-0.25, -0.2) is 8.42 Å². The summed E-state index contributed by atoms with van der Waals surface area (Å²) in [7, 11) is 3.65. The molecule has 92 valence electrons. The molecule has 1 aromatic heterocycles. The van der Waals surface area contributed by atoms with Crippen LogP contribution in [-0.4, -0.2) is 24.0 Å². The molecule has 0 aliphatic heterocycles. The van der Waals surface area contributed by atoms with E-state index in [0.29, 0.717) is 6.42 Å². The second kappa shape index (κ2) is 4.31. The van der Waals surface area contributed by atoms with Crippen LogP contribution in [0.4, 0.5) is 0 Å². The Balaban J connectivity index is 2.35. The first-order valence-corrected chi connectivity index (χ1v) is 7.69. The van der Waals surface area contributed by atoms with Crippen molar-refractivity contribution >= 4 is 30.6 Å². The van der Waals surface area contributed by atoms with Gasteiger partial charge in [-0.2, -0.15) is 5.10 Å². The molecule has 0 radical (unpaired) electrons. The monoisotopic (exact) mass is 272 g/mol. The van der Waals surface area contributed by atoms with Crippen molar-refractivity contribution in [3.8, 4) is 0 Å². The Hall–Kier alpha value is -1.07. The Labute approximate surface area is 105 Å². The van der Waals surface area contributed by atoms with Gasteiger partial charge in [0.1, 0.15) is 0 Å². The first-order valence-electron chi connectivity index (χ1n) is 5.21. The van der Waals surface area contributed by atoms with Crippen molar-refractivity contribution in [2.24, 2.45) is 7.05 Å². The van der Waals surface area contributed by atoms with Gasteiger partial charge in [0.05, 0.1) is 17.0 Å². The van der Waals surface area contributed by atoms with E-state index in [1.165, 1.54) is 0 Å². The second-order valence-corrected chi connectivity index (χ2v) is 6.95. The predicted molar refractivity (Wildman–Crippen MR) is 68.8 cm³/mol. The predicted octanol–water partition coefficient (Wildman–Crippen LogP) is 1.99. The van der Waals surface area contributed by atoms with Crippen LogP contribution in [0.5, 0.6) is 0 Å². The summed E-state index contributed by atoms with van der Waals surface area (Å²) in [4.78, 5) is 0. The summed E-state index contributed by atoms with van der Waals surface area (Å²) in [6.07, 6.45) is 0.427. The summed E-state index contributed by atoms with van der Waals surface area (Å²) in [5.74, 6) is -0.0423. The minimum absolute atomic E-state index is 0.0423. The Morgan fingerprint density at radius 2 is 2.12 bits per heavy atom. The standard InChI is InChI=1S/C11H13ClN2O2S/c1-8-10-7-9(5-6-17(12,15)16)3-4-11(10)14(2)13-8/h3-4,7H,5-6H2,1-2H3. The summed E-state index contributed by atoms with van der Waals surface area (Å²) < 4.78 is 23.6. The Morgan fingerprint density at radius 1 is 1.41 bits per heavy atom. The molecule has 4 nitrogen and oxygen atoms in total. The van der Waals surface area contributed by atoms with Crippen molar-refractivity contribution in [3.05, 3.63) is 29.5 Å². The molecule has 0 saturated heterocycles. The normalized spacial score (nSPS) is 12.2. The Morgan fingerprint density at radius 3 is 2.76 bits per heavy atom. The van der Waals surface area contributed by atoms with E-state index in [4.69, 9.17) is 10.7 Å². The number of rotatable bonds is 3. The number of aryl methyl sites for hydroxylation is 3. The molecular formula is C11H13ClN2O2S. The van der Waals surface area contributed by atoms with Gasteiger partial charge in [-0.1, -0.05) is 6.07 Å². The van der Waals surface area contributed by atoms with Crippen LogP contribution in [-0.2, 0) is 22.5 Å². The Bertz CT molecular complexity index is 661. The minimum atomic E-state index is -3.43. The summed E-state index contributed by atoms with van der Waals surface area (Å²) in [5, 5.41) is 5.37. The zero-order chi connectivity index (χ0) is 12.6. The van der Waals surface area contributed by atoms with Crippen molar-refractivity contribution in [1.29, 1.82) is 0 Å². The van der Waals surface area contributed by atoms with E-state index >= 15 is 0 Å². The van der Waals surface area contributed by atoms with Gasteiger partial charge in [0.2, 0.25) is 9.05 Å². The molecule has 0 saturated carbocycles. The fraction of sp³-hybridized carbons (Fsp3) is 0.364. The van der Waals surface area contributed by atoms with Crippen molar-refractivity contribution in [3.63, 3.8) is 0 Å². The molecule has 2 rings (SSSR count). The smallest absolute Gasteiger partial charge is 0.232 e. The van der Waals surface area contributed by atoms with Gasteiger partial charge in [-0.3, -0.25) is 4.68 Å². The van der Waals surface area contributed by atoms with Crippen LogP contribution in [0.1, 0.15) is 11.3 Å². The lowest BCUT2D eigenvalue weighted by atomic mass is 10.1. The molecule has 0 spiro atoms. The zero-order valence-corrected chi connectivity index (χ0v) is 11.2. The first-order chi connectivity index (χ1) is 7.87. The first kappa shape index (κ1) is 12.4. The maximum atomic E-state index is 10.9. The van der Waals surface area contributed by atoms with Gasteiger partial charge >= 0.3 is 0 Å². The highest BCUT2D eigenvalue weighted by atomic mass is 35.7. The third-order valence-corrected chi connectivity index (χ3v) is 3.89. The quantitative estimate of drug-likeness (QED) is 0.803. The minimum Gasteiger partial charge on any atom is -0.268 e. The number of halogens is 1. The molecule has 0 unspecified atom stereocenters. The van der Waals surface area contributed by atoms with Gasteiger partial charge < -0.3 is 0 Å². The fourth-order valence-corrected chi connectivity index (χ4v) is 2.59. The molecule has 0 aliphatic carbocycles. The van der Waals surface area contributed by atoms with Gasteiger partial charge in [0, 0.05) is 23.1 Å². The van der Waals surface area contributed by atoms with Crippen LogP contribution >= 0.6 is 10.7 Å². The van der Waals surface area contributed by atoms with E-state index in [-0.39, 0.29) is 5.75 Å². The lowest BCUT2D eigenvalue weighted by Crippen LogP contribution is -2.00. The molecule has 2 aromatic rings. The summed E-state index contributed by atoms with van der Waals surface area (Å²) in [6, 6.07) is 5.83. The van der Waals surface area contributed by atoms with Crippen LogP contribution in [0.15, 0.2) is 18.2 Å². The fourth-order valence-electron chi connectivity index (χ4n) is 1.88. The maximum Gasteiger partial charge on any atom is 0.232 e. The lowest BCUT2D eigenvalue weighted by molar-refractivity contribution is 0.609. The second-order valence-electron chi connectivity index (χ2n) is 4.05. The van der Waals surface area contributed by atoms with Crippen LogP contribution < -0.4 is 0 Å². The molecule has 0 N–H and O–H groups in total. The highest BCUT2D eigenvalue weighted by molar-refractivity contribution is 8.13. The molecule has 1 heterocycles. The number of aromatic nitrogens is 2. The lowest BCUT2D eigenvalue weighted by Gasteiger charge is -2.00. The average molecular weight is 273 g/mol. The highest BCUT2D eigenvalue weighted by Gasteiger charge is 2.08. The third-order valence-electron chi connectivity index (χ3n) is 2.73. The largest absolute Gasteiger partial charge is 0.268 e. The van der Waals surface area contributed by atoms with E-state index < -0.39 is 9.05 Å². The van der Waals surface area contributed by atoms with Crippen LogP contribution in [0.3, 0.4) is 0 Å². The van der Waals surface area contributed by atoms with Crippen molar-refractivity contribution < 1.29 is 8.42 Å². The number of nitrogens with zero attached hydrogens (tertiary/aromatic N) is 2. The SMILES string of the molecule is Cc1nn(C)c2ccc(CCS(=O)(=O)Cl)cc12. The Kier molecular flexibility index (Phi) is 3.14. The highest BCUT2D eigenvalue weighted by Crippen LogP contribution is 2.19.